The van der Waals surface area contributed by atoms with Crippen LogP contribution in [0.15, 0.2) is 18.3 Å². The second-order valence-electron chi connectivity index (χ2n) is 7.15. The van der Waals surface area contributed by atoms with Crippen molar-refractivity contribution in [1.82, 2.24) is 14.8 Å². The van der Waals surface area contributed by atoms with Crippen LogP contribution in [0.25, 0.3) is 0 Å². The van der Waals surface area contributed by atoms with E-state index < -0.39 is 0 Å². The molecule has 2 fully saturated rings. The molecule has 1 saturated carbocycles. The van der Waals surface area contributed by atoms with E-state index in [0.717, 1.165) is 30.2 Å². The number of nitrogens with zero attached hydrogens (tertiary/aromatic N) is 4. The molecule has 0 spiro atoms. The Balaban J connectivity index is 1.62. The lowest BCUT2D eigenvalue weighted by Gasteiger charge is -2.25. The first kappa shape index (κ1) is 14.8. The van der Waals surface area contributed by atoms with Gasteiger partial charge in [-0.25, -0.2) is 4.98 Å². The molecule has 2 atom stereocenters. The summed E-state index contributed by atoms with van der Waals surface area (Å²) in [6.07, 6.45) is 4.92. The molecule has 2 heterocycles. The number of hydrogen-bond donors (Lipinski definition) is 0. The normalized spacial score (nSPS) is 26.5. The van der Waals surface area contributed by atoms with Crippen molar-refractivity contribution in [3.05, 3.63) is 23.9 Å². The van der Waals surface area contributed by atoms with E-state index in [1.807, 2.05) is 25.2 Å². The minimum atomic E-state index is 0.728. The summed E-state index contributed by atoms with van der Waals surface area (Å²) >= 11 is 0. The summed E-state index contributed by atoms with van der Waals surface area (Å²) in [4.78, 5) is 11.6. The molecule has 0 amide bonds. The van der Waals surface area contributed by atoms with Gasteiger partial charge in [0.05, 0.1) is 0 Å². The zero-order valence-electron chi connectivity index (χ0n) is 13.8. The van der Waals surface area contributed by atoms with E-state index in [1.165, 1.54) is 31.5 Å². The van der Waals surface area contributed by atoms with Crippen LogP contribution >= 0.6 is 0 Å². The van der Waals surface area contributed by atoms with Gasteiger partial charge in [0.15, 0.2) is 0 Å². The van der Waals surface area contributed by atoms with E-state index >= 15 is 0 Å². The molecular formula is C17H28N4. The second kappa shape index (κ2) is 5.93. The standard InChI is InChI=1S/C17H28N4/c1-19(2)16-12-21(11-15(16)14-6-7-14)10-13-5-8-17(18-9-13)20(3)4/h5,8-9,14-16H,6-7,10-12H2,1-4H3/t15-,16+/m0/s1. The molecule has 21 heavy (non-hydrogen) atoms. The minimum absolute atomic E-state index is 0.728. The molecule has 4 heteroatoms. The predicted octanol–water partition coefficient (Wildman–Crippen LogP) is 1.92. The Morgan fingerprint density at radius 3 is 2.43 bits per heavy atom. The van der Waals surface area contributed by atoms with E-state index in [2.05, 4.69) is 41.0 Å². The quantitative estimate of drug-likeness (QED) is 0.825. The van der Waals surface area contributed by atoms with Crippen molar-refractivity contribution in [3.8, 4) is 0 Å². The zero-order valence-corrected chi connectivity index (χ0v) is 13.8. The summed E-state index contributed by atoms with van der Waals surface area (Å²) in [5.41, 5.74) is 1.33. The van der Waals surface area contributed by atoms with Crippen molar-refractivity contribution in [2.45, 2.75) is 25.4 Å². The van der Waals surface area contributed by atoms with E-state index in [-0.39, 0.29) is 0 Å². The number of hydrogen-bond acceptors (Lipinski definition) is 4. The van der Waals surface area contributed by atoms with Crippen LogP contribution in [0.3, 0.4) is 0 Å². The highest BCUT2D eigenvalue weighted by molar-refractivity contribution is 5.37. The van der Waals surface area contributed by atoms with Gasteiger partial charge in [0.25, 0.3) is 0 Å². The molecule has 0 unspecified atom stereocenters. The number of anilines is 1. The monoisotopic (exact) mass is 288 g/mol. The van der Waals surface area contributed by atoms with Crippen LogP contribution in [0.1, 0.15) is 18.4 Å². The lowest BCUT2D eigenvalue weighted by atomic mass is 9.97. The molecule has 0 N–H and O–H groups in total. The van der Waals surface area contributed by atoms with Crippen molar-refractivity contribution >= 4 is 5.82 Å². The maximum atomic E-state index is 4.53. The highest BCUT2D eigenvalue weighted by Gasteiger charge is 2.43. The van der Waals surface area contributed by atoms with Crippen molar-refractivity contribution in [1.29, 1.82) is 0 Å². The van der Waals surface area contributed by atoms with Gasteiger partial charge in [-0.1, -0.05) is 6.07 Å². The van der Waals surface area contributed by atoms with Gasteiger partial charge >= 0.3 is 0 Å². The smallest absolute Gasteiger partial charge is 0.127 e. The fourth-order valence-electron chi connectivity index (χ4n) is 3.59. The second-order valence-corrected chi connectivity index (χ2v) is 7.15. The van der Waals surface area contributed by atoms with Gasteiger partial charge in [0.1, 0.15) is 5.82 Å². The fraction of sp³-hybridized carbons (Fsp3) is 0.706. The van der Waals surface area contributed by atoms with E-state index in [1.54, 1.807) is 0 Å². The van der Waals surface area contributed by atoms with E-state index in [4.69, 9.17) is 0 Å². The first-order valence-electron chi connectivity index (χ1n) is 8.05. The van der Waals surface area contributed by atoms with Crippen molar-refractivity contribution in [2.75, 3.05) is 46.2 Å². The van der Waals surface area contributed by atoms with Crippen molar-refractivity contribution < 1.29 is 0 Å². The third kappa shape index (κ3) is 3.38. The summed E-state index contributed by atoms with van der Waals surface area (Å²) in [5.74, 6) is 2.88. The lowest BCUT2D eigenvalue weighted by molar-refractivity contribution is 0.233. The van der Waals surface area contributed by atoms with Gasteiger partial charge in [0, 0.05) is 46.0 Å². The van der Waals surface area contributed by atoms with Crippen LogP contribution in [0, 0.1) is 11.8 Å². The minimum Gasteiger partial charge on any atom is -0.363 e. The highest BCUT2D eigenvalue weighted by Crippen LogP contribution is 2.42. The molecule has 1 aromatic rings. The van der Waals surface area contributed by atoms with Crippen LogP contribution < -0.4 is 4.90 Å². The van der Waals surface area contributed by atoms with Gasteiger partial charge in [-0.3, -0.25) is 4.90 Å². The molecule has 1 aromatic heterocycles. The van der Waals surface area contributed by atoms with Crippen LogP contribution in [0.2, 0.25) is 0 Å². The lowest BCUT2D eigenvalue weighted by Crippen LogP contribution is -2.36. The molecular weight excluding hydrogens is 260 g/mol. The van der Waals surface area contributed by atoms with E-state index in [0.29, 0.717) is 0 Å². The first-order chi connectivity index (χ1) is 10.0. The number of likely N-dealkylation sites (tertiary alicyclic amines) is 1. The Labute approximate surface area is 128 Å². The molecule has 0 bridgehead atoms. The zero-order chi connectivity index (χ0) is 15.0. The number of likely N-dealkylation sites (N-methyl/N-ethyl adjacent to an activating group) is 1. The predicted molar refractivity (Wildman–Crippen MR) is 87.5 cm³/mol. The summed E-state index contributed by atoms with van der Waals surface area (Å²) in [7, 11) is 8.53. The average molecular weight is 288 g/mol. The van der Waals surface area contributed by atoms with Crippen LogP contribution in [-0.2, 0) is 6.54 Å². The number of rotatable bonds is 5. The number of pyridine rings is 1. The highest BCUT2D eigenvalue weighted by atomic mass is 15.2. The largest absolute Gasteiger partial charge is 0.363 e. The molecule has 1 aliphatic carbocycles. The summed E-state index contributed by atoms with van der Waals surface area (Å²) in [6, 6.07) is 5.07. The Bertz CT molecular complexity index is 454. The molecule has 3 rings (SSSR count). The molecule has 2 aliphatic rings. The molecule has 1 aliphatic heterocycles. The van der Waals surface area contributed by atoms with Gasteiger partial charge < -0.3 is 9.80 Å². The van der Waals surface area contributed by atoms with E-state index in [9.17, 15) is 0 Å². The van der Waals surface area contributed by atoms with Crippen molar-refractivity contribution in [2.24, 2.45) is 11.8 Å². The maximum absolute atomic E-state index is 4.53. The maximum Gasteiger partial charge on any atom is 0.127 e. The summed E-state index contributed by atoms with van der Waals surface area (Å²) in [6.45, 7) is 3.49. The fourth-order valence-corrected chi connectivity index (χ4v) is 3.59. The van der Waals surface area contributed by atoms with Gasteiger partial charge in [-0.15, -0.1) is 0 Å². The molecule has 116 valence electrons. The first-order valence-corrected chi connectivity index (χ1v) is 8.05. The third-order valence-electron chi connectivity index (χ3n) is 4.97. The molecule has 4 nitrogen and oxygen atoms in total. The Kier molecular flexibility index (Phi) is 4.18. The SMILES string of the molecule is CN(C)c1ccc(CN2C[C@@H](N(C)C)[C@H](C3CC3)C2)cn1. The van der Waals surface area contributed by atoms with Crippen LogP contribution in [0.5, 0.6) is 0 Å². The number of aromatic nitrogens is 1. The topological polar surface area (TPSA) is 22.6 Å². The Morgan fingerprint density at radius 1 is 1.14 bits per heavy atom. The van der Waals surface area contributed by atoms with Gasteiger partial charge in [-0.05, 0) is 50.4 Å². The Hall–Kier alpha value is -1.13. The summed E-state index contributed by atoms with van der Waals surface area (Å²) in [5, 5.41) is 0. The Morgan fingerprint density at radius 2 is 1.90 bits per heavy atom. The van der Waals surface area contributed by atoms with Crippen LogP contribution in [-0.4, -0.2) is 62.1 Å². The van der Waals surface area contributed by atoms with Crippen LogP contribution in [0.4, 0.5) is 5.82 Å². The average Bonchev–Trinajstić information content (AvgIpc) is 3.20. The van der Waals surface area contributed by atoms with Crippen molar-refractivity contribution in [3.63, 3.8) is 0 Å². The molecule has 0 radical (unpaired) electrons. The van der Waals surface area contributed by atoms with Gasteiger partial charge in [0.2, 0.25) is 0 Å². The molecule has 1 saturated heterocycles. The summed E-state index contributed by atoms with van der Waals surface area (Å²) < 4.78 is 0. The van der Waals surface area contributed by atoms with Gasteiger partial charge in [-0.2, -0.15) is 0 Å². The third-order valence-corrected chi connectivity index (χ3v) is 4.97. The molecule has 0 aromatic carbocycles.